The van der Waals surface area contributed by atoms with Crippen LogP contribution in [0.15, 0.2) is 71.6 Å². The monoisotopic (exact) mass is 547 g/mol. The van der Waals surface area contributed by atoms with Gasteiger partial charge in [-0.25, -0.2) is 18.4 Å². The molecule has 0 saturated carbocycles. The molecule has 1 aromatic heterocycles. The number of carbonyl (C=O) groups excluding carboxylic acids is 1. The molecule has 0 spiro atoms. The van der Waals surface area contributed by atoms with E-state index in [4.69, 9.17) is 14.2 Å². The van der Waals surface area contributed by atoms with Gasteiger partial charge < -0.3 is 19.5 Å². The summed E-state index contributed by atoms with van der Waals surface area (Å²) in [6.07, 6.45) is 1.26. The SMILES string of the molecule is COc1cc(Nc2nc3ccccc3nc2CS(=O)(=O)c2cccc(CC(=O)C3CCCO3)c2)cc(OC)c1. The van der Waals surface area contributed by atoms with Crippen molar-refractivity contribution >= 4 is 38.2 Å². The molecule has 1 unspecified atom stereocenters. The highest BCUT2D eigenvalue weighted by atomic mass is 32.2. The van der Waals surface area contributed by atoms with Gasteiger partial charge >= 0.3 is 0 Å². The number of hydrogen-bond donors (Lipinski definition) is 1. The maximum absolute atomic E-state index is 13.6. The molecule has 1 fully saturated rings. The first-order valence-electron chi connectivity index (χ1n) is 12.6. The zero-order valence-corrected chi connectivity index (χ0v) is 22.5. The third-order valence-corrected chi connectivity index (χ3v) is 8.13. The number of nitrogens with zero attached hydrogens (tertiary/aromatic N) is 2. The van der Waals surface area contributed by atoms with Gasteiger partial charge in [-0.15, -0.1) is 0 Å². The van der Waals surface area contributed by atoms with Crippen LogP contribution in [0.5, 0.6) is 11.5 Å². The van der Waals surface area contributed by atoms with Gasteiger partial charge in [0.2, 0.25) is 0 Å². The lowest BCUT2D eigenvalue weighted by Gasteiger charge is -2.14. The molecule has 0 aliphatic carbocycles. The molecule has 1 atom stereocenters. The van der Waals surface area contributed by atoms with Gasteiger partial charge in [-0.1, -0.05) is 24.3 Å². The van der Waals surface area contributed by atoms with Gasteiger partial charge in [0.05, 0.1) is 35.8 Å². The van der Waals surface area contributed by atoms with E-state index in [1.165, 1.54) is 6.07 Å². The lowest BCUT2D eigenvalue weighted by atomic mass is 10.0. The molecule has 0 radical (unpaired) electrons. The highest BCUT2D eigenvalue weighted by molar-refractivity contribution is 7.90. The Kier molecular flexibility index (Phi) is 7.76. The van der Waals surface area contributed by atoms with Crippen LogP contribution < -0.4 is 14.8 Å². The second kappa shape index (κ2) is 11.4. The van der Waals surface area contributed by atoms with E-state index in [1.807, 2.05) is 18.2 Å². The Labute approximate surface area is 227 Å². The van der Waals surface area contributed by atoms with Crippen LogP contribution in [-0.4, -0.2) is 51.1 Å². The molecule has 0 bridgehead atoms. The Morgan fingerprint density at radius 3 is 2.36 bits per heavy atom. The van der Waals surface area contributed by atoms with Crippen LogP contribution in [0.25, 0.3) is 11.0 Å². The van der Waals surface area contributed by atoms with Crippen LogP contribution in [0.2, 0.25) is 0 Å². The van der Waals surface area contributed by atoms with E-state index >= 15 is 0 Å². The fourth-order valence-corrected chi connectivity index (χ4v) is 5.86. The zero-order chi connectivity index (χ0) is 27.4. The van der Waals surface area contributed by atoms with Crippen LogP contribution >= 0.6 is 0 Å². The minimum Gasteiger partial charge on any atom is -0.497 e. The predicted octanol–water partition coefficient (Wildman–Crippen LogP) is 4.66. The van der Waals surface area contributed by atoms with Crippen molar-refractivity contribution in [1.29, 1.82) is 0 Å². The molecule has 9 nitrogen and oxygen atoms in total. The number of Topliss-reactive ketones (excluding diaryl/α,β-unsaturated/α-hetero) is 1. The second-order valence-electron chi connectivity index (χ2n) is 9.29. The second-order valence-corrected chi connectivity index (χ2v) is 11.3. The van der Waals surface area contributed by atoms with Gasteiger partial charge in [-0.2, -0.15) is 0 Å². The van der Waals surface area contributed by atoms with Gasteiger partial charge in [-0.3, -0.25) is 4.79 Å². The van der Waals surface area contributed by atoms with Crippen molar-refractivity contribution in [3.63, 3.8) is 0 Å². The Morgan fingerprint density at radius 1 is 0.974 bits per heavy atom. The summed E-state index contributed by atoms with van der Waals surface area (Å²) in [5.41, 5.74) is 2.68. The lowest BCUT2D eigenvalue weighted by Crippen LogP contribution is -2.21. The van der Waals surface area contributed by atoms with Crippen LogP contribution in [0.4, 0.5) is 11.5 Å². The molecule has 1 N–H and O–H groups in total. The third-order valence-electron chi connectivity index (χ3n) is 6.51. The molecule has 202 valence electrons. The highest BCUT2D eigenvalue weighted by Crippen LogP contribution is 2.30. The first-order valence-corrected chi connectivity index (χ1v) is 14.2. The molecular formula is C29H29N3O6S. The summed E-state index contributed by atoms with van der Waals surface area (Å²) in [6.45, 7) is 0.580. The minimum absolute atomic E-state index is 0.0392. The van der Waals surface area contributed by atoms with E-state index in [-0.39, 0.29) is 22.8 Å². The number of sulfone groups is 1. The molecule has 1 aliphatic heterocycles. The Morgan fingerprint density at radius 2 is 1.69 bits per heavy atom. The number of para-hydroxylation sites is 2. The van der Waals surface area contributed by atoms with Crippen LogP contribution in [0.3, 0.4) is 0 Å². The lowest BCUT2D eigenvalue weighted by molar-refractivity contribution is -0.127. The maximum Gasteiger partial charge on any atom is 0.184 e. The summed E-state index contributed by atoms with van der Waals surface area (Å²) < 4.78 is 43.4. The molecule has 5 rings (SSSR count). The first-order chi connectivity index (χ1) is 18.8. The van der Waals surface area contributed by atoms with Crippen LogP contribution in [0.1, 0.15) is 24.1 Å². The largest absolute Gasteiger partial charge is 0.497 e. The maximum atomic E-state index is 13.6. The number of methoxy groups -OCH3 is 2. The summed E-state index contributed by atoms with van der Waals surface area (Å²) in [6, 6.07) is 19.0. The normalized spacial score (nSPS) is 15.3. The van der Waals surface area contributed by atoms with Crippen LogP contribution in [-0.2, 0) is 31.5 Å². The zero-order valence-electron chi connectivity index (χ0n) is 21.7. The predicted molar refractivity (Wildman–Crippen MR) is 147 cm³/mol. The van der Waals surface area contributed by atoms with E-state index in [0.29, 0.717) is 52.6 Å². The van der Waals surface area contributed by atoms with Crippen molar-refractivity contribution in [3.8, 4) is 11.5 Å². The quantitative estimate of drug-likeness (QED) is 0.303. The topological polar surface area (TPSA) is 117 Å². The number of carbonyl (C=O) groups is 1. The summed E-state index contributed by atoms with van der Waals surface area (Å²) in [4.78, 5) is 22.0. The number of benzene rings is 3. The van der Waals surface area contributed by atoms with Gasteiger partial charge in [0.1, 0.15) is 23.4 Å². The molecule has 39 heavy (non-hydrogen) atoms. The van der Waals surface area contributed by atoms with Gasteiger partial charge in [0.25, 0.3) is 0 Å². The van der Waals surface area contributed by atoms with Crippen LogP contribution in [0, 0.1) is 0 Å². The molecule has 3 aromatic carbocycles. The molecule has 0 amide bonds. The van der Waals surface area contributed by atoms with E-state index in [2.05, 4.69) is 15.3 Å². The Balaban J connectivity index is 1.47. The van der Waals surface area contributed by atoms with E-state index in [1.54, 1.807) is 56.7 Å². The number of hydrogen-bond acceptors (Lipinski definition) is 9. The molecule has 1 aliphatic rings. The number of fused-ring (bicyclic) bond motifs is 1. The average molecular weight is 548 g/mol. The number of anilines is 2. The Hall–Kier alpha value is -4.02. The highest BCUT2D eigenvalue weighted by Gasteiger charge is 2.25. The smallest absolute Gasteiger partial charge is 0.184 e. The summed E-state index contributed by atoms with van der Waals surface area (Å²) in [5.74, 6) is 1.00. The molecule has 1 saturated heterocycles. The number of rotatable bonds is 10. The van der Waals surface area contributed by atoms with E-state index < -0.39 is 21.7 Å². The first kappa shape index (κ1) is 26.6. The summed E-state index contributed by atoms with van der Waals surface area (Å²) in [7, 11) is -0.733. The number of ketones is 1. The fraction of sp³-hybridized carbons (Fsp3) is 0.276. The standard InChI is InChI=1S/C29H29N3O6S/c1-36-21-15-20(16-22(17-21)37-2)30-29-26(31-24-9-3-4-10-25(24)32-29)18-39(34,35)23-8-5-7-19(13-23)14-27(33)28-11-6-12-38-28/h3-5,7-10,13,15-17,28H,6,11-12,14,18H2,1-2H3,(H,30,32). The molecule has 2 heterocycles. The van der Waals surface area contributed by atoms with Crippen molar-refractivity contribution in [2.24, 2.45) is 0 Å². The van der Waals surface area contributed by atoms with Crippen molar-refractivity contribution in [2.45, 2.75) is 36.0 Å². The molecular weight excluding hydrogens is 518 g/mol. The number of aromatic nitrogens is 2. The third kappa shape index (κ3) is 6.18. The summed E-state index contributed by atoms with van der Waals surface area (Å²) in [5, 5.41) is 3.20. The number of ether oxygens (including phenoxy) is 3. The minimum atomic E-state index is -3.83. The van der Waals surface area contributed by atoms with E-state index in [0.717, 1.165) is 6.42 Å². The van der Waals surface area contributed by atoms with Crippen molar-refractivity contribution < 1.29 is 27.4 Å². The van der Waals surface area contributed by atoms with Crippen molar-refractivity contribution in [3.05, 3.63) is 78.0 Å². The number of nitrogens with one attached hydrogen (secondary N) is 1. The average Bonchev–Trinajstić information content (AvgIpc) is 3.48. The van der Waals surface area contributed by atoms with E-state index in [9.17, 15) is 13.2 Å². The Bertz CT molecular complexity index is 1590. The van der Waals surface area contributed by atoms with Gasteiger partial charge in [0, 0.05) is 36.9 Å². The van der Waals surface area contributed by atoms with Gasteiger partial charge in [0.15, 0.2) is 21.4 Å². The molecule has 4 aromatic rings. The molecule has 10 heteroatoms. The summed E-state index contributed by atoms with van der Waals surface area (Å²) >= 11 is 0. The van der Waals surface area contributed by atoms with Crippen molar-refractivity contribution in [2.75, 3.05) is 26.1 Å². The fourth-order valence-electron chi connectivity index (χ4n) is 4.51. The van der Waals surface area contributed by atoms with Gasteiger partial charge in [-0.05, 0) is 42.7 Å². The van der Waals surface area contributed by atoms with Crippen molar-refractivity contribution in [1.82, 2.24) is 9.97 Å².